The third-order valence-corrected chi connectivity index (χ3v) is 2.55. The van der Waals surface area contributed by atoms with E-state index in [2.05, 4.69) is 12.2 Å². The molecule has 1 fully saturated rings. The van der Waals surface area contributed by atoms with Crippen molar-refractivity contribution in [1.82, 2.24) is 10.2 Å². The summed E-state index contributed by atoms with van der Waals surface area (Å²) in [6.07, 6.45) is 2.26. The Labute approximate surface area is 80.5 Å². The average molecular weight is 184 g/mol. The summed E-state index contributed by atoms with van der Waals surface area (Å²) in [6.45, 7) is 8.75. The number of carbonyl (C=O) groups is 1. The zero-order chi connectivity index (χ0) is 9.90. The van der Waals surface area contributed by atoms with Gasteiger partial charge >= 0.3 is 0 Å². The van der Waals surface area contributed by atoms with Gasteiger partial charge in [-0.15, -0.1) is 0 Å². The molecule has 76 valence electrons. The lowest BCUT2D eigenvalue weighted by molar-refractivity contribution is -0.139. The molecule has 13 heavy (non-hydrogen) atoms. The van der Waals surface area contributed by atoms with E-state index in [4.69, 9.17) is 0 Å². The highest BCUT2D eigenvalue weighted by Gasteiger charge is 2.34. The number of amides is 1. The van der Waals surface area contributed by atoms with Crippen molar-refractivity contribution < 1.29 is 4.79 Å². The van der Waals surface area contributed by atoms with Crippen LogP contribution >= 0.6 is 0 Å². The molecule has 0 aromatic carbocycles. The molecule has 1 N–H and O–H groups in total. The second-order valence-electron chi connectivity index (χ2n) is 4.20. The van der Waals surface area contributed by atoms with E-state index < -0.39 is 0 Å². The summed E-state index contributed by atoms with van der Waals surface area (Å²) < 4.78 is 0. The molecule has 1 aliphatic rings. The maximum atomic E-state index is 11.8. The van der Waals surface area contributed by atoms with Crippen LogP contribution < -0.4 is 5.32 Å². The second-order valence-corrected chi connectivity index (χ2v) is 4.20. The van der Waals surface area contributed by atoms with Crippen LogP contribution in [-0.4, -0.2) is 36.0 Å². The molecule has 0 aromatic rings. The highest BCUT2D eigenvalue weighted by molar-refractivity contribution is 5.86. The van der Waals surface area contributed by atoms with Gasteiger partial charge < -0.3 is 10.2 Å². The van der Waals surface area contributed by atoms with Gasteiger partial charge in [0.05, 0.1) is 5.54 Å². The molecule has 0 spiro atoms. The molecule has 1 aliphatic heterocycles. The number of nitrogens with one attached hydrogen (secondary N) is 1. The maximum absolute atomic E-state index is 11.8. The van der Waals surface area contributed by atoms with Gasteiger partial charge in [-0.1, -0.05) is 13.3 Å². The summed E-state index contributed by atoms with van der Waals surface area (Å²) in [5, 5.41) is 3.22. The molecule has 3 nitrogen and oxygen atoms in total. The highest BCUT2D eigenvalue weighted by atomic mass is 16.2. The lowest BCUT2D eigenvalue weighted by Crippen LogP contribution is -2.61. The fourth-order valence-electron chi connectivity index (χ4n) is 1.64. The van der Waals surface area contributed by atoms with Crippen LogP contribution in [-0.2, 0) is 4.79 Å². The largest absolute Gasteiger partial charge is 0.340 e. The zero-order valence-electron chi connectivity index (χ0n) is 8.89. The molecule has 1 heterocycles. The molecule has 0 aliphatic carbocycles. The third-order valence-electron chi connectivity index (χ3n) is 2.55. The van der Waals surface area contributed by atoms with Gasteiger partial charge in [0.2, 0.25) is 5.91 Å². The lowest BCUT2D eigenvalue weighted by Gasteiger charge is -2.38. The van der Waals surface area contributed by atoms with Crippen LogP contribution in [0, 0.1) is 0 Å². The van der Waals surface area contributed by atoms with Gasteiger partial charge in [-0.05, 0) is 20.3 Å². The number of hydrogen-bond acceptors (Lipinski definition) is 2. The Morgan fingerprint density at radius 2 is 2.23 bits per heavy atom. The van der Waals surface area contributed by atoms with E-state index in [-0.39, 0.29) is 11.4 Å². The predicted molar refractivity (Wildman–Crippen MR) is 53.6 cm³/mol. The smallest absolute Gasteiger partial charge is 0.242 e. The van der Waals surface area contributed by atoms with E-state index in [1.165, 1.54) is 0 Å². The first kappa shape index (κ1) is 10.5. The Balaban J connectivity index is 2.51. The summed E-state index contributed by atoms with van der Waals surface area (Å²) in [5.74, 6) is 0.243. The van der Waals surface area contributed by atoms with E-state index in [0.29, 0.717) is 0 Å². The first-order chi connectivity index (χ1) is 6.08. The Morgan fingerprint density at radius 1 is 1.54 bits per heavy atom. The van der Waals surface area contributed by atoms with Gasteiger partial charge in [-0.25, -0.2) is 0 Å². The summed E-state index contributed by atoms with van der Waals surface area (Å²) in [5.41, 5.74) is -0.355. The number of nitrogens with zero attached hydrogens (tertiary/aromatic N) is 1. The van der Waals surface area contributed by atoms with Crippen LogP contribution in [0.3, 0.4) is 0 Å². The molecular weight excluding hydrogens is 164 g/mol. The van der Waals surface area contributed by atoms with Crippen LogP contribution in [0.1, 0.15) is 33.6 Å². The molecule has 1 rings (SSSR count). The standard InChI is InChI=1S/C10H20N2O/c1-4-5-7-12-8-6-11-10(2,3)9(12)13/h11H,4-8H2,1-3H3. The minimum atomic E-state index is -0.355. The quantitative estimate of drug-likeness (QED) is 0.709. The maximum Gasteiger partial charge on any atom is 0.242 e. The fourth-order valence-corrected chi connectivity index (χ4v) is 1.64. The molecule has 3 heteroatoms. The third kappa shape index (κ3) is 2.44. The topological polar surface area (TPSA) is 32.3 Å². The highest BCUT2D eigenvalue weighted by Crippen LogP contribution is 2.12. The van der Waals surface area contributed by atoms with Crippen molar-refractivity contribution in [1.29, 1.82) is 0 Å². The molecule has 0 unspecified atom stereocenters. The number of hydrogen-bond donors (Lipinski definition) is 1. The minimum Gasteiger partial charge on any atom is -0.340 e. The van der Waals surface area contributed by atoms with Crippen molar-refractivity contribution in [3.63, 3.8) is 0 Å². The minimum absolute atomic E-state index is 0.243. The van der Waals surface area contributed by atoms with Gasteiger partial charge in [-0.2, -0.15) is 0 Å². The molecular formula is C10H20N2O. The average Bonchev–Trinajstić information content (AvgIpc) is 2.08. The Kier molecular flexibility index (Phi) is 3.31. The number of unbranched alkanes of at least 4 members (excludes halogenated alkanes) is 1. The summed E-state index contributed by atoms with van der Waals surface area (Å²) in [4.78, 5) is 13.8. The van der Waals surface area contributed by atoms with Gasteiger partial charge in [-0.3, -0.25) is 4.79 Å². The molecule has 1 saturated heterocycles. The molecule has 1 amide bonds. The lowest BCUT2D eigenvalue weighted by atomic mass is 10.0. The monoisotopic (exact) mass is 184 g/mol. The summed E-state index contributed by atoms with van der Waals surface area (Å²) >= 11 is 0. The Bertz CT molecular complexity index is 189. The zero-order valence-corrected chi connectivity index (χ0v) is 8.89. The number of rotatable bonds is 3. The first-order valence-electron chi connectivity index (χ1n) is 5.12. The first-order valence-corrected chi connectivity index (χ1v) is 5.12. The van der Waals surface area contributed by atoms with E-state index in [0.717, 1.165) is 32.5 Å². The number of carbonyl (C=O) groups excluding carboxylic acids is 1. The van der Waals surface area contributed by atoms with Gasteiger partial charge in [0.25, 0.3) is 0 Å². The van der Waals surface area contributed by atoms with Crippen LogP contribution in [0.4, 0.5) is 0 Å². The molecule has 0 saturated carbocycles. The number of piperazine rings is 1. The molecule has 0 radical (unpaired) electrons. The summed E-state index contributed by atoms with van der Waals surface area (Å²) in [6, 6.07) is 0. The van der Waals surface area contributed by atoms with E-state index in [1.54, 1.807) is 0 Å². The molecule has 0 bridgehead atoms. The van der Waals surface area contributed by atoms with Crippen molar-refractivity contribution >= 4 is 5.91 Å². The van der Waals surface area contributed by atoms with Crippen molar-refractivity contribution in [2.45, 2.75) is 39.2 Å². The van der Waals surface area contributed by atoms with Gasteiger partial charge in [0.1, 0.15) is 0 Å². The van der Waals surface area contributed by atoms with E-state index >= 15 is 0 Å². The van der Waals surface area contributed by atoms with E-state index in [1.807, 2.05) is 18.7 Å². The normalized spacial score (nSPS) is 22.1. The van der Waals surface area contributed by atoms with Crippen molar-refractivity contribution in [3.8, 4) is 0 Å². The van der Waals surface area contributed by atoms with Crippen LogP contribution in [0.5, 0.6) is 0 Å². The van der Waals surface area contributed by atoms with Crippen LogP contribution in [0.15, 0.2) is 0 Å². The van der Waals surface area contributed by atoms with Crippen molar-refractivity contribution in [2.75, 3.05) is 19.6 Å². The Hall–Kier alpha value is -0.570. The van der Waals surface area contributed by atoms with Crippen molar-refractivity contribution in [2.24, 2.45) is 0 Å². The molecule has 0 aromatic heterocycles. The second kappa shape index (κ2) is 4.09. The summed E-state index contributed by atoms with van der Waals surface area (Å²) in [7, 11) is 0. The predicted octanol–water partition coefficient (Wildman–Crippen LogP) is 0.997. The van der Waals surface area contributed by atoms with Gasteiger partial charge in [0.15, 0.2) is 0 Å². The van der Waals surface area contributed by atoms with Gasteiger partial charge in [0, 0.05) is 19.6 Å². The fraction of sp³-hybridized carbons (Fsp3) is 0.900. The van der Waals surface area contributed by atoms with E-state index in [9.17, 15) is 4.79 Å². The Morgan fingerprint density at radius 3 is 2.85 bits per heavy atom. The van der Waals surface area contributed by atoms with Crippen LogP contribution in [0.25, 0.3) is 0 Å². The van der Waals surface area contributed by atoms with Crippen LogP contribution in [0.2, 0.25) is 0 Å². The SMILES string of the molecule is CCCCN1CCNC(C)(C)C1=O. The molecule has 0 atom stereocenters. The van der Waals surface area contributed by atoms with Crippen molar-refractivity contribution in [3.05, 3.63) is 0 Å².